The van der Waals surface area contributed by atoms with Crippen LogP contribution in [0.3, 0.4) is 0 Å². The van der Waals surface area contributed by atoms with E-state index < -0.39 is 8.07 Å². The molecule has 0 unspecified atom stereocenters. The molecule has 1 heterocycles. The maximum absolute atomic E-state index is 2.53. The Bertz CT molecular complexity index is 2150. The number of hydrogen-bond donors (Lipinski definition) is 0. The minimum Gasteiger partial charge on any atom is -0.0623 e. The lowest BCUT2D eigenvalue weighted by Crippen LogP contribution is -2.49. The van der Waals surface area contributed by atoms with E-state index in [0.717, 1.165) is 0 Å². The van der Waals surface area contributed by atoms with E-state index in [4.69, 9.17) is 0 Å². The van der Waals surface area contributed by atoms with Crippen LogP contribution in [-0.4, -0.2) is 8.07 Å². The molecule has 0 nitrogen and oxygen atoms in total. The third-order valence-corrected chi connectivity index (χ3v) is 12.9. The lowest BCUT2D eigenvalue weighted by Gasteiger charge is -2.21. The zero-order valence-corrected chi connectivity index (χ0v) is 25.3. The van der Waals surface area contributed by atoms with Gasteiger partial charge in [-0.2, -0.15) is 0 Å². The normalized spacial score (nSPS) is 13.3. The summed E-state index contributed by atoms with van der Waals surface area (Å²) in [6, 6.07) is 52.1. The van der Waals surface area contributed by atoms with E-state index in [9.17, 15) is 0 Å². The fourth-order valence-corrected chi connectivity index (χ4v) is 10.3. The summed E-state index contributed by atoms with van der Waals surface area (Å²) in [6.07, 6.45) is 0. The van der Waals surface area contributed by atoms with Crippen molar-refractivity contribution in [3.63, 3.8) is 0 Å². The highest BCUT2D eigenvalue weighted by molar-refractivity contribution is 7.03. The lowest BCUT2D eigenvalue weighted by atomic mass is 9.85. The van der Waals surface area contributed by atoms with Gasteiger partial charge in [0, 0.05) is 0 Å². The van der Waals surface area contributed by atoms with Crippen molar-refractivity contribution in [2.75, 3.05) is 0 Å². The van der Waals surface area contributed by atoms with E-state index in [1.54, 1.807) is 10.4 Å². The predicted molar refractivity (Wildman–Crippen MR) is 185 cm³/mol. The van der Waals surface area contributed by atoms with Crippen molar-refractivity contribution in [2.24, 2.45) is 0 Å². The molecule has 0 amide bonds. The first-order chi connectivity index (χ1) is 20.5. The van der Waals surface area contributed by atoms with Gasteiger partial charge in [0.05, 0.1) is 0 Å². The largest absolute Gasteiger partial charge is 0.113 e. The van der Waals surface area contributed by atoms with Crippen LogP contribution in [0.25, 0.3) is 66.1 Å². The standard InChI is InChI=1S/C41H32Si/c1-27-17-23-36-37(25-27)41(31-22-24-33-32-13-9-10-16-38(32)42(2,3)39(33)26-31)35-15-8-7-14-34(35)40(36)30-20-18-29(19-21-30)28-11-5-4-6-12-28/h4-26H,1-3H3. The lowest BCUT2D eigenvalue weighted by molar-refractivity contribution is 1.51. The quantitative estimate of drug-likeness (QED) is 0.151. The predicted octanol–water partition coefficient (Wildman–Crippen LogP) is 10.1. The summed E-state index contributed by atoms with van der Waals surface area (Å²) in [6.45, 7) is 7.22. The molecule has 1 heteroatoms. The monoisotopic (exact) mass is 552 g/mol. The fraction of sp³-hybridized carbons (Fsp3) is 0.0732. The first kappa shape index (κ1) is 25.0. The average molecular weight is 553 g/mol. The molecule has 7 aromatic rings. The van der Waals surface area contributed by atoms with Crippen molar-refractivity contribution < 1.29 is 0 Å². The molecular formula is C41H32Si. The van der Waals surface area contributed by atoms with Gasteiger partial charge in [-0.3, -0.25) is 0 Å². The van der Waals surface area contributed by atoms with E-state index in [0.29, 0.717) is 0 Å². The van der Waals surface area contributed by atoms with Crippen LogP contribution in [0.1, 0.15) is 5.56 Å². The van der Waals surface area contributed by atoms with Gasteiger partial charge < -0.3 is 0 Å². The Hall–Kier alpha value is -4.72. The average Bonchev–Trinajstić information content (AvgIpc) is 3.26. The summed E-state index contributed by atoms with van der Waals surface area (Å²) in [7, 11) is -1.79. The van der Waals surface area contributed by atoms with Gasteiger partial charge >= 0.3 is 0 Å². The second kappa shape index (κ2) is 9.41. The van der Waals surface area contributed by atoms with E-state index in [2.05, 4.69) is 160 Å². The topological polar surface area (TPSA) is 0 Å². The Kier molecular flexibility index (Phi) is 5.60. The summed E-state index contributed by atoms with van der Waals surface area (Å²) >= 11 is 0. The minimum absolute atomic E-state index is 1.24. The molecule has 8 rings (SSSR count). The van der Waals surface area contributed by atoms with Gasteiger partial charge in [0.15, 0.2) is 0 Å². The Morgan fingerprint density at radius 2 is 0.929 bits per heavy atom. The van der Waals surface area contributed by atoms with E-state index in [1.807, 2.05) is 0 Å². The van der Waals surface area contributed by atoms with Gasteiger partial charge in [0.25, 0.3) is 0 Å². The molecule has 7 aromatic carbocycles. The smallest absolute Gasteiger partial charge is 0.0623 e. The molecule has 0 N–H and O–H groups in total. The van der Waals surface area contributed by atoms with E-state index in [-0.39, 0.29) is 0 Å². The van der Waals surface area contributed by atoms with Crippen LogP contribution in [-0.2, 0) is 0 Å². The Labute approximate surface area is 248 Å². The molecule has 0 bridgehead atoms. The molecule has 0 saturated carbocycles. The molecule has 1 aliphatic heterocycles. The van der Waals surface area contributed by atoms with Crippen LogP contribution in [0, 0.1) is 6.92 Å². The highest BCUT2D eigenvalue weighted by Gasteiger charge is 2.37. The number of fused-ring (bicyclic) bond motifs is 5. The van der Waals surface area contributed by atoms with Crippen molar-refractivity contribution in [1.82, 2.24) is 0 Å². The fourth-order valence-electron chi connectivity index (χ4n) is 7.23. The van der Waals surface area contributed by atoms with Gasteiger partial charge in [-0.1, -0.05) is 158 Å². The molecule has 0 saturated heterocycles. The second-order valence-electron chi connectivity index (χ2n) is 12.2. The zero-order chi connectivity index (χ0) is 28.4. The Balaban J connectivity index is 1.38. The minimum atomic E-state index is -1.79. The van der Waals surface area contributed by atoms with Gasteiger partial charge in [-0.25, -0.2) is 0 Å². The maximum atomic E-state index is 2.53. The second-order valence-corrected chi connectivity index (χ2v) is 16.5. The first-order valence-corrected chi connectivity index (χ1v) is 17.9. The molecule has 0 atom stereocenters. The van der Waals surface area contributed by atoms with Crippen molar-refractivity contribution in [3.05, 3.63) is 145 Å². The summed E-state index contributed by atoms with van der Waals surface area (Å²) in [5, 5.41) is 8.35. The van der Waals surface area contributed by atoms with Crippen molar-refractivity contribution in [3.8, 4) is 44.5 Å². The van der Waals surface area contributed by atoms with Gasteiger partial charge in [0.1, 0.15) is 8.07 Å². The molecular weight excluding hydrogens is 521 g/mol. The number of hydrogen-bond acceptors (Lipinski definition) is 0. The summed E-state index contributed by atoms with van der Waals surface area (Å²) in [4.78, 5) is 0. The molecule has 42 heavy (non-hydrogen) atoms. The van der Waals surface area contributed by atoms with Crippen molar-refractivity contribution in [2.45, 2.75) is 20.0 Å². The van der Waals surface area contributed by atoms with Crippen LogP contribution in [0.5, 0.6) is 0 Å². The van der Waals surface area contributed by atoms with Crippen molar-refractivity contribution in [1.29, 1.82) is 0 Å². The molecule has 0 aliphatic carbocycles. The Morgan fingerprint density at radius 3 is 1.69 bits per heavy atom. The van der Waals surface area contributed by atoms with Gasteiger partial charge in [0.2, 0.25) is 0 Å². The maximum Gasteiger partial charge on any atom is 0.113 e. The van der Waals surface area contributed by atoms with Crippen LogP contribution >= 0.6 is 0 Å². The van der Waals surface area contributed by atoms with Crippen LogP contribution in [0.4, 0.5) is 0 Å². The highest BCUT2D eigenvalue weighted by atomic mass is 28.3. The molecule has 1 aliphatic rings. The summed E-state index contributed by atoms with van der Waals surface area (Å²) < 4.78 is 0. The molecule has 0 fully saturated rings. The highest BCUT2D eigenvalue weighted by Crippen LogP contribution is 2.44. The molecule has 0 radical (unpaired) electrons. The number of rotatable bonds is 3. The zero-order valence-electron chi connectivity index (χ0n) is 24.3. The third kappa shape index (κ3) is 3.74. The molecule has 0 aromatic heterocycles. The Morgan fingerprint density at radius 1 is 0.381 bits per heavy atom. The molecule has 0 spiro atoms. The van der Waals surface area contributed by atoms with Gasteiger partial charge in [-0.15, -0.1) is 0 Å². The summed E-state index contributed by atoms with van der Waals surface area (Å²) in [5.41, 5.74) is 11.9. The number of benzene rings is 7. The first-order valence-electron chi connectivity index (χ1n) is 14.9. The third-order valence-electron chi connectivity index (χ3n) is 9.33. The van der Waals surface area contributed by atoms with Gasteiger partial charge in [-0.05, 0) is 83.3 Å². The van der Waals surface area contributed by atoms with Crippen molar-refractivity contribution >= 4 is 40.0 Å². The summed E-state index contributed by atoms with van der Waals surface area (Å²) in [5.74, 6) is 0. The molecule has 200 valence electrons. The SMILES string of the molecule is Cc1ccc2c(-c3ccc(-c4ccccc4)cc3)c3ccccc3c(-c3ccc4c(c3)[Si](C)(C)c3ccccc3-4)c2c1. The van der Waals surface area contributed by atoms with Crippen LogP contribution < -0.4 is 10.4 Å². The van der Waals surface area contributed by atoms with E-state index in [1.165, 1.54) is 71.6 Å². The number of aryl methyl sites for hydroxylation is 1. The van der Waals surface area contributed by atoms with Crippen LogP contribution in [0.2, 0.25) is 13.1 Å². The van der Waals surface area contributed by atoms with E-state index >= 15 is 0 Å². The van der Waals surface area contributed by atoms with Crippen LogP contribution in [0.15, 0.2) is 140 Å².